The number of carboxylic acid groups (broad SMARTS) is 1. The van der Waals surface area contributed by atoms with Gasteiger partial charge in [0.2, 0.25) is 5.91 Å². The second-order valence-electron chi connectivity index (χ2n) is 7.59. The van der Waals surface area contributed by atoms with Crippen LogP contribution in [0.3, 0.4) is 0 Å². The Morgan fingerprint density at radius 3 is 2.21 bits per heavy atom. The minimum atomic E-state index is -1.20. The van der Waals surface area contributed by atoms with Crippen molar-refractivity contribution in [3.05, 3.63) is 59.7 Å². The van der Waals surface area contributed by atoms with E-state index in [0.29, 0.717) is 0 Å². The molecule has 0 saturated carbocycles. The van der Waals surface area contributed by atoms with Crippen molar-refractivity contribution < 1.29 is 34.1 Å². The van der Waals surface area contributed by atoms with Gasteiger partial charge in [0.1, 0.15) is 12.6 Å². The number of amides is 2. The van der Waals surface area contributed by atoms with Crippen molar-refractivity contribution in [3.8, 4) is 11.1 Å². The maximum Gasteiger partial charge on any atom is 0.407 e. The van der Waals surface area contributed by atoms with Crippen molar-refractivity contribution in [3.63, 3.8) is 0 Å². The molecule has 0 radical (unpaired) electrons. The summed E-state index contributed by atoms with van der Waals surface area (Å²) >= 11 is 0. The molecule has 2 aromatic carbocycles. The predicted molar refractivity (Wildman–Crippen MR) is 120 cm³/mol. The fourth-order valence-corrected chi connectivity index (χ4v) is 3.79. The van der Waals surface area contributed by atoms with Gasteiger partial charge >= 0.3 is 12.1 Å². The van der Waals surface area contributed by atoms with Gasteiger partial charge in [-0.15, -0.1) is 0 Å². The summed E-state index contributed by atoms with van der Waals surface area (Å²) < 4.78 is 10.7. The quantitative estimate of drug-likeness (QED) is 0.358. The van der Waals surface area contributed by atoms with Gasteiger partial charge in [0.05, 0.1) is 13.2 Å². The minimum Gasteiger partial charge on any atom is -0.480 e. The number of hydrogen-bond acceptors (Lipinski definition) is 6. The van der Waals surface area contributed by atoms with Crippen LogP contribution in [0.4, 0.5) is 4.79 Å². The Labute approximate surface area is 191 Å². The van der Waals surface area contributed by atoms with Crippen LogP contribution in [0.5, 0.6) is 0 Å². The van der Waals surface area contributed by atoms with Gasteiger partial charge in [-0.3, -0.25) is 4.79 Å². The van der Waals surface area contributed by atoms with Crippen LogP contribution in [0.25, 0.3) is 11.1 Å². The van der Waals surface area contributed by atoms with Gasteiger partial charge in [-0.1, -0.05) is 48.5 Å². The molecule has 176 valence electrons. The van der Waals surface area contributed by atoms with Crippen molar-refractivity contribution in [2.75, 3.05) is 33.0 Å². The lowest BCUT2D eigenvalue weighted by Crippen LogP contribution is -2.41. The average molecular weight is 456 g/mol. The number of fused-ring (bicyclic) bond motifs is 3. The fourth-order valence-electron chi connectivity index (χ4n) is 3.79. The molecule has 3 rings (SSSR count). The molecule has 2 amide bonds. The van der Waals surface area contributed by atoms with Crippen LogP contribution in [-0.4, -0.2) is 67.2 Å². The van der Waals surface area contributed by atoms with Crippen LogP contribution in [0.2, 0.25) is 0 Å². The molecule has 1 aliphatic rings. The van der Waals surface area contributed by atoms with E-state index in [9.17, 15) is 14.4 Å². The molecular formula is C24H28N2O7. The summed E-state index contributed by atoms with van der Waals surface area (Å²) in [5.74, 6) is -1.70. The number of aliphatic carboxylic acids is 1. The largest absolute Gasteiger partial charge is 0.480 e. The van der Waals surface area contributed by atoms with Crippen molar-refractivity contribution in [1.29, 1.82) is 0 Å². The van der Waals surface area contributed by atoms with E-state index in [1.807, 2.05) is 36.4 Å². The van der Waals surface area contributed by atoms with E-state index >= 15 is 0 Å². The van der Waals surface area contributed by atoms with Gasteiger partial charge in [-0.05, 0) is 22.3 Å². The highest BCUT2D eigenvalue weighted by atomic mass is 16.5. The predicted octanol–water partition coefficient (Wildman–Crippen LogP) is 1.88. The first-order valence-electron chi connectivity index (χ1n) is 10.8. The van der Waals surface area contributed by atoms with E-state index in [1.165, 1.54) is 0 Å². The molecule has 1 atom stereocenters. The second kappa shape index (κ2) is 12.0. The minimum absolute atomic E-state index is 0.0154. The lowest BCUT2D eigenvalue weighted by Gasteiger charge is -2.15. The third-order valence-electron chi connectivity index (χ3n) is 5.38. The Bertz CT molecular complexity index is 933. The van der Waals surface area contributed by atoms with Crippen LogP contribution in [0, 0.1) is 0 Å². The summed E-state index contributed by atoms with van der Waals surface area (Å²) in [7, 11) is 0. The molecular weight excluding hydrogens is 428 g/mol. The normalized spacial score (nSPS) is 13.0. The maximum absolute atomic E-state index is 12.1. The molecule has 0 unspecified atom stereocenters. The first kappa shape index (κ1) is 24.2. The first-order chi connectivity index (χ1) is 16.0. The average Bonchev–Trinajstić information content (AvgIpc) is 3.13. The Morgan fingerprint density at radius 1 is 0.970 bits per heavy atom. The highest BCUT2D eigenvalue weighted by molar-refractivity contribution is 5.83. The number of benzene rings is 2. The zero-order valence-corrected chi connectivity index (χ0v) is 18.2. The molecule has 9 nitrogen and oxygen atoms in total. The van der Waals surface area contributed by atoms with Crippen LogP contribution in [0.1, 0.15) is 29.9 Å². The molecule has 0 aromatic heterocycles. The van der Waals surface area contributed by atoms with Crippen LogP contribution < -0.4 is 10.6 Å². The molecule has 0 fully saturated rings. The molecule has 33 heavy (non-hydrogen) atoms. The van der Waals surface area contributed by atoms with Crippen molar-refractivity contribution >= 4 is 18.0 Å². The lowest BCUT2D eigenvalue weighted by molar-refractivity contribution is -0.142. The van der Waals surface area contributed by atoms with Gasteiger partial charge in [0.25, 0.3) is 0 Å². The fraction of sp³-hybridized carbons (Fsp3) is 0.375. The molecule has 0 heterocycles. The van der Waals surface area contributed by atoms with Gasteiger partial charge in [-0.2, -0.15) is 0 Å². The van der Waals surface area contributed by atoms with Crippen LogP contribution >= 0.6 is 0 Å². The summed E-state index contributed by atoms with van der Waals surface area (Å²) in [5.41, 5.74) is 4.59. The highest BCUT2D eigenvalue weighted by Crippen LogP contribution is 2.44. The van der Waals surface area contributed by atoms with Crippen molar-refractivity contribution in [1.82, 2.24) is 10.6 Å². The van der Waals surface area contributed by atoms with Gasteiger partial charge in [-0.25, -0.2) is 9.59 Å². The second-order valence-corrected chi connectivity index (χ2v) is 7.59. The number of aliphatic hydroxyl groups is 1. The Kier molecular flexibility index (Phi) is 8.79. The zero-order chi connectivity index (χ0) is 23.6. The molecule has 0 saturated heterocycles. The molecule has 1 aliphatic carbocycles. The number of nitrogens with one attached hydrogen (secondary N) is 2. The van der Waals surface area contributed by atoms with E-state index in [2.05, 4.69) is 22.8 Å². The highest BCUT2D eigenvalue weighted by Gasteiger charge is 2.28. The monoisotopic (exact) mass is 456 g/mol. The zero-order valence-electron chi connectivity index (χ0n) is 18.2. The third kappa shape index (κ3) is 6.53. The molecule has 0 bridgehead atoms. The third-order valence-corrected chi connectivity index (χ3v) is 5.38. The number of carbonyl (C=O) groups excluding carboxylic acids is 2. The summed E-state index contributed by atoms with van der Waals surface area (Å²) in [6, 6.07) is 15.1. The number of hydrogen-bond donors (Lipinski definition) is 4. The van der Waals surface area contributed by atoms with Crippen molar-refractivity contribution in [2.24, 2.45) is 0 Å². The summed E-state index contributed by atoms with van der Waals surface area (Å²) in [6.07, 6.45) is -0.641. The molecule has 9 heteroatoms. The molecule has 4 N–H and O–H groups in total. The number of alkyl carbamates (subject to hydrolysis) is 1. The summed E-state index contributed by atoms with van der Waals surface area (Å²) in [6.45, 7) is 0.343. The van der Waals surface area contributed by atoms with Crippen LogP contribution in [0.15, 0.2) is 48.5 Å². The number of carboxylic acids is 1. The smallest absolute Gasteiger partial charge is 0.407 e. The van der Waals surface area contributed by atoms with E-state index in [1.54, 1.807) is 0 Å². The lowest BCUT2D eigenvalue weighted by atomic mass is 9.98. The van der Waals surface area contributed by atoms with E-state index in [0.717, 1.165) is 22.3 Å². The van der Waals surface area contributed by atoms with Gasteiger partial charge in [0, 0.05) is 31.9 Å². The summed E-state index contributed by atoms with van der Waals surface area (Å²) in [5, 5.41) is 22.7. The number of rotatable bonds is 12. The number of aliphatic hydroxyl groups excluding tert-OH is 1. The topological polar surface area (TPSA) is 134 Å². The Balaban J connectivity index is 1.33. The SMILES string of the molecule is O=C(CCOCCNC(=O)OCC1c2ccccc2-c2ccccc21)N[C@@H](CCO)C(=O)O. The van der Waals surface area contributed by atoms with E-state index < -0.39 is 24.0 Å². The Morgan fingerprint density at radius 2 is 1.61 bits per heavy atom. The molecule has 0 spiro atoms. The number of carbonyl (C=O) groups is 3. The van der Waals surface area contributed by atoms with Crippen molar-refractivity contribution in [2.45, 2.75) is 24.8 Å². The maximum atomic E-state index is 12.1. The standard InChI is InChI=1S/C24H28N2O7/c27-12-9-21(23(29)30)26-22(28)10-13-32-14-11-25-24(31)33-15-20-18-7-3-1-5-16(18)17-6-2-4-8-19(17)20/h1-8,20-21,27H,9-15H2,(H,25,31)(H,26,28)(H,29,30)/t21-/m0/s1. The van der Waals surface area contributed by atoms with E-state index in [4.69, 9.17) is 19.7 Å². The summed E-state index contributed by atoms with van der Waals surface area (Å²) in [4.78, 5) is 34.8. The van der Waals surface area contributed by atoms with Gasteiger partial charge in [0.15, 0.2) is 0 Å². The van der Waals surface area contributed by atoms with Crippen LogP contribution in [-0.2, 0) is 19.1 Å². The first-order valence-corrected chi connectivity index (χ1v) is 10.8. The van der Waals surface area contributed by atoms with E-state index in [-0.39, 0.29) is 51.7 Å². The Hall–Kier alpha value is -3.43. The van der Waals surface area contributed by atoms with Gasteiger partial charge < -0.3 is 30.3 Å². The molecule has 2 aromatic rings. The number of ether oxygens (including phenoxy) is 2. The molecule has 0 aliphatic heterocycles.